The van der Waals surface area contributed by atoms with Crippen molar-refractivity contribution in [2.24, 2.45) is 0 Å². The van der Waals surface area contributed by atoms with Crippen LogP contribution in [-0.4, -0.2) is 25.2 Å². The Hall–Kier alpha value is -2.24. The van der Waals surface area contributed by atoms with Crippen molar-refractivity contribution in [2.75, 3.05) is 13.1 Å². The van der Waals surface area contributed by atoms with Gasteiger partial charge in [-0.1, -0.05) is 231 Å². The fraction of sp³-hybridized carbons (Fsp3) is 0.826. The monoisotopic (exact) mass is 727 g/mol. The molecule has 0 heterocycles. The molecule has 0 bridgehead atoms. The molecule has 0 fully saturated rings. The lowest BCUT2D eigenvalue weighted by atomic mass is 10.0. The molecule has 0 saturated heterocycles. The van der Waals surface area contributed by atoms with Crippen LogP contribution in [-0.2, 0) is 13.1 Å². The van der Waals surface area contributed by atoms with Crippen molar-refractivity contribution in [3.05, 3.63) is 35.4 Å². The number of hydrogen-bond acceptors (Lipinski definition) is 2. The van der Waals surface area contributed by atoms with Crippen molar-refractivity contribution in [3.63, 3.8) is 0 Å². The highest BCUT2D eigenvalue weighted by Crippen LogP contribution is 2.15. The number of rotatable bonds is 38. The lowest BCUT2D eigenvalue weighted by Crippen LogP contribution is -2.35. The molecule has 52 heavy (non-hydrogen) atoms. The zero-order chi connectivity index (χ0) is 37.4. The van der Waals surface area contributed by atoms with E-state index in [1.54, 1.807) is 0 Å². The molecule has 0 spiro atoms. The Morgan fingerprint density at radius 2 is 0.538 bits per heavy atom. The molecule has 6 nitrogen and oxygen atoms in total. The molecular formula is C46H86N4O2. The second kappa shape index (κ2) is 38.5. The molecule has 0 atom stereocenters. The highest BCUT2D eigenvalue weighted by Gasteiger charge is 2.03. The SMILES string of the molecule is CCCCCCCCCCCCCCCCCCNC(=O)NCc1ccc(CNC(=O)NCCCCCCCCCCCCCCCCCC)cc1. The van der Waals surface area contributed by atoms with Crippen molar-refractivity contribution in [1.29, 1.82) is 0 Å². The van der Waals surface area contributed by atoms with Crippen LogP contribution in [0.15, 0.2) is 24.3 Å². The van der Waals surface area contributed by atoms with Gasteiger partial charge in [-0.25, -0.2) is 9.59 Å². The molecule has 0 aliphatic carbocycles. The predicted octanol–water partition coefficient (Wildman–Crippen LogP) is 13.8. The van der Waals surface area contributed by atoms with E-state index in [1.165, 1.54) is 193 Å². The summed E-state index contributed by atoms with van der Waals surface area (Å²) in [5.74, 6) is 0. The van der Waals surface area contributed by atoms with E-state index in [2.05, 4.69) is 35.1 Å². The van der Waals surface area contributed by atoms with Crippen LogP contribution in [0.2, 0.25) is 0 Å². The standard InChI is InChI=1S/C46H86N4O2/c1-3-5-7-9-11-13-15-17-19-21-23-25-27-29-31-33-39-47-45(51)49-41-43-35-37-44(38-36-43)42-50-46(52)48-40-34-32-30-28-26-24-22-20-18-16-14-12-10-8-6-4-2/h35-38H,3-34,39-42H2,1-2H3,(H2,47,49,51)(H2,48,50,52). The molecule has 4 N–H and O–H groups in total. The molecule has 302 valence electrons. The maximum atomic E-state index is 12.2. The third kappa shape index (κ3) is 33.6. The van der Waals surface area contributed by atoms with Crippen molar-refractivity contribution >= 4 is 12.1 Å². The van der Waals surface area contributed by atoms with Gasteiger partial charge < -0.3 is 21.3 Å². The van der Waals surface area contributed by atoms with Crippen molar-refractivity contribution in [3.8, 4) is 0 Å². The number of carbonyl (C=O) groups is 2. The highest BCUT2D eigenvalue weighted by atomic mass is 16.2. The van der Waals surface area contributed by atoms with Crippen LogP contribution >= 0.6 is 0 Å². The zero-order valence-electron chi connectivity index (χ0n) is 34.6. The second-order valence-electron chi connectivity index (χ2n) is 15.6. The molecule has 0 unspecified atom stereocenters. The Bertz CT molecular complexity index is 833. The largest absolute Gasteiger partial charge is 0.338 e. The van der Waals surface area contributed by atoms with Gasteiger partial charge in [0.25, 0.3) is 0 Å². The zero-order valence-corrected chi connectivity index (χ0v) is 34.6. The van der Waals surface area contributed by atoms with E-state index in [1.807, 2.05) is 24.3 Å². The molecule has 0 saturated carbocycles. The van der Waals surface area contributed by atoms with E-state index in [0.29, 0.717) is 13.1 Å². The molecule has 1 aromatic carbocycles. The quantitative estimate of drug-likeness (QED) is 0.0512. The van der Waals surface area contributed by atoms with Gasteiger partial charge in [-0.05, 0) is 24.0 Å². The first kappa shape index (κ1) is 47.8. The van der Waals surface area contributed by atoms with Gasteiger partial charge >= 0.3 is 12.1 Å². The summed E-state index contributed by atoms with van der Waals surface area (Å²) in [6.45, 7) is 7.03. The van der Waals surface area contributed by atoms with E-state index in [4.69, 9.17) is 0 Å². The molecule has 4 amide bonds. The smallest absolute Gasteiger partial charge is 0.315 e. The van der Waals surface area contributed by atoms with Crippen LogP contribution < -0.4 is 21.3 Å². The van der Waals surface area contributed by atoms with E-state index >= 15 is 0 Å². The first-order valence-electron chi connectivity index (χ1n) is 22.8. The van der Waals surface area contributed by atoms with Gasteiger partial charge in [0.05, 0.1) is 0 Å². The van der Waals surface area contributed by atoms with E-state index in [-0.39, 0.29) is 12.1 Å². The molecular weight excluding hydrogens is 641 g/mol. The summed E-state index contributed by atoms with van der Waals surface area (Å²) in [4.78, 5) is 24.4. The topological polar surface area (TPSA) is 82.3 Å². The minimum atomic E-state index is -0.104. The summed E-state index contributed by atoms with van der Waals surface area (Å²) < 4.78 is 0. The molecule has 1 aromatic rings. The Labute approximate surface area is 323 Å². The van der Waals surface area contributed by atoms with Crippen molar-refractivity contribution < 1.29 is 9.59 Å². The molecule has 0 aliphatic rings. The summed E-state index contributed by atoms with van der Waals surface area (Å²) in [6.07, 6.45) is 43.4. The van der Waals surface area contributed by atoms with Gasteiger partial charge in [0.15, 0.2) is 0 Å². The first-order chi connectivity index (χ1) is 25.7. The average Bonchev–Trinajstić information content (AvgIpc) is 3.16. The van der Waals surface area contributed by atoms with Gasteiger partial charge in [-0.15, -0.1) is 0 Å². The highest BCUT2D eigenvalue weighted by molar-refractivity contribution is 5.74. The normalized spacial score (nSPS) is 11.1. The molecule has 0 radical (unpaired) electrons. The van der Waals surface area contributed by atoms with Gasteiger partial charge in [0, 0.05) is 26.2 Å². The first-order valence-corrected chi connectivity index (χ1v) is 22.8. The van der Waals surface area contributed by atoms with Crippen LogP contribution in [0.4, 0.5) is 9.59 Å². The van der Waals surface area contributed by atoms with E-state index in [0.717, 1.165) is 37.1 Å². The second-order valence-corrected chi connectivity index (χ2v) is 15.6. The Morgan fingerprint density at radius 3 is 0.769 bits per heavy atom. The minimum Gasteiger partial charge on any atom is -0.338 e. The molecule has 6 heteroatoms. The minimum absolute atomic E-state index is 0.104. The van der Waals surface area contributed by atoms with Crippen molar-refractivity contribution in [2.45, 2.75) is 232 Å². The number of urea groups is 2. The number of unbranched alkanes of at least 4 members (excludes halogenated alkanes) is 30. The number of benzene rings is 1. The average molecular weight is 727 g/mol. The maximum Gasteiger partial charge on any atom is 0.315 e. The molecule has 0 aliphatic heterocycles. The third-order valence-corrected chi connectivity index (χ3v) is 10.6. The van der Waals surface area contributed by atoms with Gasteiger partial charge in [0.1, 0.15) is 0 Å². The number of carbonyl (C=O) groups excluding carboxylic acids is 2. The van der Waals surface area contributed by atoms with Crippen molar-refractivity contribution in [1.82, 2.24) is 21.3 Å². The summed E-state index contributed by atoms with van der Waals surface area (Å²) >= 11 is 0. The third-order valence-electron chi connectivity index (χ3n) is 10.6. The van der Waals surface area contributed by atoms with Gasteiger partial charge in [-0.2, -0.15) is 0 Å². The summed E-state index contributed by atoms with van der Waals surface area (Å²) in [5, 5.41) is 11.9. The van der Waals surface area contributed by atoms with Crippen LogP contribution in [0, 0.1) is 0 Å². The van der Waals surface area contributed by atoms with Crippen LogP contribution in [0.5, 0.6) is 0 Å². The molecule has 1 rings (SSSR count). The van der Waals surface area contributed by atoms with E-state index < -0.39 is 0 Å². The fourth-order valence-electron chi connectivity index (χ4n) is 7.01. The van der Waals surface area contributed by atoms with Crippen LogP contribution in [0.1, 0.15) is 230 Å². The van der Waals surface area contributed by atoms with Gasteiger partial charge in [-0.3, -0.25) is 0 Å². The summed E-state index contributed by atoms with van der Waals surface area (Å²) in [6, 6.07) is 7.85. The predicted molar refractivity (Wildman–Crippen MR) is 226 cm³/mol. The van der Waals surface area contributed by atoms with E-state index in [9.17, 15) is 9.59 Å². The van der Waals surface area contributed by atoms with Crippen LogP contribution in [0.25, 0.3) is 0 Å². The summed E-state index contributed by atoms with van der Waals surface area (Å²) in [5.41, 5.74) is 2.10. The fourth-order valence-corrected chi connectivity index (χ4v) is 7.01. The maximum absolute atomic E-state index is 12.2. The Morgan fingerprint density at radius 1 is 0.327 bits per heavy atom. The number of nitrogens with one attached hydrogen (secondary N) is 4. The molecule has 0 aromatic heterocycles. The van der Waals surface area contributed by atoms with Gasteiger partial charge in [0.2, 0.25) is 0 Å². The summed E-state index contributed by atoms with van der Waals surface area (Å²) in [7, 11) is 0. The Kier molecular flexibility index (Phi) is 35.4. The lowest BCUT2D eigenvalue weighted by molar-refractivity contribution is 0.239. The Balaban J connectivity index is 1.87. The number of hydrogen-bond donors (Lipinski definition) is 4. The van der Waals surface area contributed by atoms with Crippen LogP contribution in [0.3, 0.4) is 0 Å². The number of amides is 4. The lowest BCUT2D eigenvalue weighted by Gasteiger charge is -2.10.